The number of benzene rings is 2. The normalized spacial score (nSPS) is 12.3. The summed E-state index contributed by atoms with van der Waals surface area (Å²) in [7, 11) is 0. The van der Waals surface area contributed by atoms with Crippen LogP contribution >= 0.6 is 11.6 Å². The molecule has 1 N–H and O–H groups in total. The number of aryl methyl sites for hydroxylation is 1. The van der Waals surface area contributed by atoms with Crippen molar-refractivity contribution >= 4 is 11.6 Å². The zero-order chi connectivity index (χ0) is 14.4. The van der Waals surface area contributed by atoms with E-state index >= 15 is 0 Å². The van der Waals surface area contributed by atoms with Crippen LogP contribution in [0.2, 0.25) is 5.02 Å². The SMILES string of the molecule is CCc1ccccc1CNC(CC)c1cccc(Cl)c1. The van der Waals surface area contributed by atoms with Gasteiger partial charge in [-0.15, -0.1) is 0 Å². The van der Waals surface area contributed by atoms with Gasteiger partial charge in [0.1, 0.15) is 0 Å². The third-order valence-corrected chi connectivity index (χ3v) is 3.93. The maximum absolute atomic E-state index is 6.08. The van der Waals surface area contributed by atoms with E-state index in [0.29, 0.717) is 6.04 Å². The minimum Gasteiger partial charge on any atom is -0.306 e. The second kappa shape index (κ2) is 7.47. The lowest BCUT2D eigenvalue weighted by molar-refractivity contribution is 0.517. The third kappa shape index (κ3) is 3.84. The van der Waals surface area contributed by atoms with E-state index in [-0.39, 0.29) is 0 Å². The summed E-state index contributed by atoms with van der Waals surface area (Å²) in [6.07, 6.45) is 2.13. The highest BCUT2D eigenvalue weighted by molar-refractivity contribution is 6.30. The lowest BCUT2D eigenvalue weighted by Crippen LogP contribution is -2.20. The van der Waals surface area contributed by atoms with Gasteiger partial charge in [-0.3, -0.25) is 0 Å². The highest BCUT2D eigenvalue weighted by Gasteiger charge is 2.09. The molecule has 106 valence electrons. The molecule has 1 nitrogen and oxygen atoms in total. The van der Waals surface area contributed by atoms with Gasteiger partial charge in [-0.25, -0.2) is 0 Å². The molecule has 2 heteroatoms. The summed E-state index contributed by atoms with van der Waals surface area (Å²) in [6, 6.07) is 17.1. The van der Waals surface area contributed by atoms with E-state index in [2.05, 4.69) is 55.6 Å². The van der Waals surface area contributed by atoms with Crippen molar-refractivity contribution in [3.63, 3.8) is 0 Å². The average molecular weight is 288 g/mol. The van der Waals surface area contributed by atoms with E-state index in [1.54, 1.807) is 0 Å². The molecular formula is C18H22ClN. The highest BCUT2D eigenvalue weighted by atomic mass is 35.5. The Kier molecular flexibility index (Phi) is 5.63. The van der Waals surface area contributed by atoms with Gasteiger partial charge in [-0.05, 0) is 41.7 Å². The zero-order valence-corrected chi connectivity index (χ0v) is 13.0. The van der Waals surface area contributed by atoms with Crippen LogP contribution in [0, 0.1) is 0 Å². The molecule has 0 radical (unpaired) electrons. The smallest absolute Gasteiger partial charge is 0.0409 e. The summed E-state index contributed by atoms with van der Waals surface area (Å²) in [4.78, 5) is 0. The van der Waals surface area contributed by atoms with Gasteiger partial charge in [-0.1, -0.05) is 61.8 Å². The predicted molar refractivity (Wildman–Crippen MR) is 87.1 cm³/mol. The molecule has 2 rings (SSSR count). The molecule has 0 spiro atoms. The van der Waals surface area contributed by atoms with Crippen LogP contribution in [0.25, 0.3) is 0 Å². The van der Waals surface area contributed by atoms with Crippen LogP contribution in [0.3, 0.4) is 0 Å². The van der Waals surface area contributed by atoms with Crippen LogP contribution in [0.1, 0.15) is 43.0 Å². The van der Waals surface area contributed by atoms with Crippen molar-refractivity contribution in [3.8, 4) is 0 Å². The van der Waals surface area contributed by atoms with Gasteiger partial charge < -0.3 is 5.32 Å². The topological polar surface area (TPSA) is 12.0 Å². The summed E-state index contributed by atoms with van der Waals surface area (Å²) in [5, 5.41) is 4.45. The molecule has 20 heavy (non-hydrogen) atoms. The van der Waals surface area contributed by atoms with Crippen molar-refractivity contribution in [1.29, 1.82) is 0 Å². The summed E-state index contributed by atoms with van der Waals surface area (Å²) >= 11 is 6.08. The quantitative estimate of drug-likeness (QED) is 0.775. The Morgan fingerprint density at radius 2 is 1.75 bits per heavy atom. The van der Waals surface area contributed by atoms with Gasteiger partial charge in [0.2, 0.25) is 0 Å². The molecule has 2 aromatic rings. The van der Waals surface area contributed by atoms with Gasteiger partial charge in [0.15, 0.2) is 0 Å². The van der Waals surface area contributed by atoms with Crippen LogP contribution < -0.4 is 5.32 Å². The fraction of sp³-hybridized carbons (Fsp3) is 0.333. The van der Waals surface area contributed by atoms with Crippen LogP contribution in [-0.4, -0.2) is 0 Å². The van der Waals surface area contributed by atoms with Gasteiger partial charge >= 0.3 is 0 Å². The first-order valence-electron chi connectivity index (χ1n) is 7.30. The van der Waals surface area contributed by atoms with E-state index in [1.807, 2.05) is 12.1 Å². The summed E-state index contributed by atoms with van der Waals surface area (Å²) in [5.74, 6) is 0. The molecule has 0 fully saturated rings. The predicted octanol–water partition coefficient (Wildman–Crippen LogP) is 5.14. The molecule has 0 aliphatic carbocycles. The largest absolute Gasteiger partial charge is 0.306 e. The first-order valence-corrected chi connectivity index (χ1v) is 7.68. The highest BCUT2D eigenvalue weighted by Crippen LogP contribution is 2.21. The average Bonchev–Trinajstić information content (AvgIpc) is 2.48. The maximum Gasteiger partial charge on any atom is 0.0409 e. The van der Waals surface area contributed by atoms with Crippen molar-refractivity contribution in [2.75, 3.05) is 0 Å². The van der Waals surface area contributed by atoms with Crippen LogP contribution in [0.15, 0.2) is 48.5 Å². The number of hydrogen-bond donors (Lipinski definition) is 1. The molecule has 2 aromatic carbocycles. The lowest BCUT2D eigenvalue weighted by Gasteiger charge is -2.19. The van der Waals surface area contributed by atoms with Crippen molar-refractivity contribution in [3.05, 3.63) is 70.2 Å². The Bertz CT molecular complexity index is 551. The lowest BCUT2D eigenvalue weighted by atomic mass is 10.0. The summed E-state index contributed by atoms with van der Waals surface area (Å²) in [5.41, 5.74) is 4.06. The fourth-order valence-corrected chi connectivity index (χ4v) is 2.73. The first kappa shape index (κ1) is 15.1. The zero-order valence-electron chi connectivity index (χ0n) is 12.2. The standard InChI is InChI=1S/C18H22ClN/c1-3-14-8-5-6-9-16(14)13-20-18(4-2)15-10-7-11-17(19)12-15/h5-12,18,20H,3-4,13H2,1-2H3. The second-order valence-corrected chi connectivity index (χ2v) is 5.46. The van der Waals surface area contributed by atoms with Crippen molar-refractivity contribution in [2.45, 2.75) is 39.3 Å². The fourth-order valence-electron chi connectivity index (χ4n) is 2.53. The van der Waals surface area contributed by atoms with Crippen LogP contribution in [0.4, 0.5) is 0 Å². The minimum atomic E-state index is 0.346. The third-order valence-electron chi connectivity index (χ3n) is 3.70. The Labute approximate surface area is 127 Å². The molecule has 0 saturated heterocycles. The van der Waals surface area contributed by atoms with Crippen LogP contribution in [0.5, 0.6) is 0 Å². The molecule has 0 amide bonds. The number of rotatable bonds is 6. The first-order chi connectivity index (χ1) is 9.74. The molecular weight excluding hydrogens is 266 g/mol. The van der Waals surface area contributed by atoms with Crippen LogP contribution in [-0.2, 0) is 13.0 Å². The van der Waals surface area contributed by atoms with Gasteiger partial charge in [0.25, 0.3) is 0 Å². The molecule has 1 atom stereocenters. The Morgan fingerprint density at radius 1 is 1.00 bits per heavy atom. The monoisotopic (exact) mass is 287 g/mol. The molecule has 1 unspecified atom stereocenters. The van der Waals surface area contributed by atoms with E-state index in [1.165, 1.54) is 16.7 Å². The Hall–Kier alpha value is -1.31. The Morgan fingerprint density at radius 3 is 2.40 bits per heavy atom. The van der Waals surface area contributed by atoms with Crippen molar-refractivity contribution in [1.82, 2.24) is 5.32 Å². The van der Waals surface area contributed by atoms with E-state index in [0.717, 1.165) is 24.4 Å². The molecule has 0 heterocycles. The Balaban J connectivity index is 2.08. The second-order valence-electron chi connectivity index (χ2n) is 5.02. The number of nitrogens with one attached hydrogen (secondary N) is 1. The van der Waals surface area contributed by atoms with Crippen molar-refractivity contribution in [2.24, 2.45) is 0 Å². The molecule has 0 bridgehead atoms. The molecule has 0 aromatic heterocycles. The molecule has 0 saturated carbocycles. The number of halogens is 1. The van der Waals surface area contributed by atoms with Gasteiger partial charge in [0.05, 0.1) is 0 Å². The molecule has 0 aliphatic heterocycles. The molecule has 0 aliphatic rings. The van der Waals surface area contributed by atoms with Gasteiger partial charge in [-0.2, -0.15) is 0 Å². The minimum absolute atomic E-state index is 0.346. The van der Waals surface area contributed by atoms with E-state index in [4.69, 9.17) is 11.6 Å². The van der Waals surface area contributed by atoms with Gasteiger partial charge in [0, 0.05) is 17.6 Å². The van der Waals surface area contributed by atoms with E-state index in [9.17, 15) is 0 Å². The van der Waals surface area contributed by atoms with Crippen molar-refractivity contribution < 1.29 is 0 Å². The van der Waals surface area contributed by atoms with E-state index < -0.39 is 0 Å². The summed E-state index contributed by atoms with van der Waals surface area (Å²) in [6.45, 7) is 5.30. The maximum atomic E-state index is 6.08. The number of hydrogen-bond acceptors (Lipinski definition) is 1. The summed E-state index contributed by atoms with van der Waals surface area (Å²) < 4.78 is 0.